The summed E-state index contributed by atoms with van der Waals surface area (Å²) in [5.41, 5.74) is 3.93. The Labute approximate surface area is 111 Å². The topological polar surface area (TPSA) is 64.7 Å². The van der Waals surface area contributed by atoms with Crippen LogP contribution >= 0.6 is 0 Å². The highest BCUT2D eigenvalue weighted by Crippen LogP contribution is 2.09. The minimum atomic E-state index is -0.0543. The summed E-state index contributed by atoms with van der Waals surface area (Å²) in [6.45, 7) is 4.07. The normalized spacial score (nSPS) is 14.4. The summed E-state index contributed by atoms with van der Waals surface area (Å²) in [5, 5.41) is 12.0. The lowest BCUT2D eigenvalue weighted by molar-refractivity contribution is 0.545. The van der Waals surface area contributed by atoms with Crippen molar-refractivity contribution >= 4 is 0 Å². The van der Waals surface area contributed by atoms with Crippen LogP contribution in [0.15, 0.2) is 16.9 Å². The van der Waals surface area contributed by atoms with Crippen LogP contribution in [-0.4, -0.2) is 26.1 Å². The molecule has 6 heteroatoms. The smallest absolute Gasteiger partial charge is 0.267 e. The van der Waals surface area contributed by atoms with Gasteiger partial charge in [-0.3, -0.25) is 9.48 Å². The SMILES string of the molecule is Cc1cc(Cn2nc3c(cc2=O)CNCC3)n(C)n1. The summed E-state index contributed by atoms with van der Waals surface area (Å²) >= 11 is 0. The van der Waals surface area contributed by atoms with Crippen molar-refractivity contribution < 1.29 is 0 Å². The molecule has 0 amide bonds. The van der Waals surface area contributed by atoms with E-state index in [4.69, 9.17) is 0 Å². The maximum atomic E-state index is 12.1. The van der Waals surface area contributed by atoms with Crippen LogP contribution in [-0.2, 0) is 26.6 Å². The Balaban J connectivity index is 1.97. The van der Waals surface area contributed by atoms with Crippen LogP contribution in [0.1, 0.15) is 22.6 Å². The van der Waals surface area contributed by atoms with Gasteiger partial charge in [-0.25, -0.2) is 4.68 Å². The third-order valence-corrected chi connectivity index (χ3v) is 3.43. The van der Waals surface area contributed by atoms with Gasteiger partial charge >= 0.3 is 0 Å². The highest BCUT2D eigenvalue weighted by atomic mass is 16.1. The van der Waals surface area contributed by atoms with Gasteiger partial charge in [0.1, 0.15) is 0 Å². The number of fused-ring (bicyclic) bond motifs is 1. The van der Waals surface area contributed by atoms with E-state index in [1.54, 1.807) is 10.7 Å². The van der Waals surface area contributed by atoms with Crippen molar-refractivity contribution in [3.05, 3.63) is 45.1 Å². The maximum Gasteiger partial charge on any atom is 0.267 e. The number of aromatic nitrogens is 4. The van der Waals surface area contributed by atoms with Crippen molar-refractivity contribution in [2.24, 2.45) is 7.05 Å². The van der Waals surface area contributed by atoms with E-state index in [0.717, 1.165) is 42.2 Å². The Bertz CT molecular complexity index is 670. The average molecular weight is 259 g/mol. The van der Waals surface area contributed by atoms with Crippen molar-refractivity contribution in [1.82, 2.24) is 24.9 Å². The van der Waals surface area contributed by atoms with Gasteiger partial charge in [0.05, 0.1) is 23.6 Å². The Morgan fingerprint density at radius 1 is 1.37 bits per heavy atom. The fraction of sp³-hybridized carbons (Fsp3) is 0.462. The van der Waals surface area contributed by atoms with Crippen LogP contribution < -0.4 is 10.9 Å². The van der Waals surface area contributed by atoms with Crippen molar-refractivity contribution in [1.29, 1.82) is 0 Å². The summed E-state index contributed by atoms with van der Waals surface area (Å²) in [4.78, 5) is 12.1. The quantitative estimate of drug-likeness (QED) is 0.823. The maximum absolute atomic E-state index is 12.1. The van der Waals surface area contributed by atoms with Crippen LogP contribution in [0, 0.1) is 6.92 Å². The van der Waals surface area contributed by atoms with Crippen LogP contribution in [0.25, 0.3) is 0 Å². The number of aryl methyl sites for hydroxylation is 2. The lowest BCUT2D eigenvalue weighted by Gasteiger charge is -2.17. The fourth-order valence-corrected chi connectivity index (χ4v) is 2.44. The van der Waals surface area contributed by atoms with Crippen molar-refractivity contribution in [3.63, 3.8) is 0 Å². The monoisotopic (exact) mass is 259 g/mol. The molecule has 0 atom stereocenters. The van der Waals surface area contributed by atoms with Crippen LogP contribution in [0.2, 0.25) is 0 Å². The minimum Gasteiger partial charge on any atom is -0.312 e. The van der Waals surface area contributed by atoms with Gasteiger partial charge in [-0.2, -0.15) is 10.2 Å². The van der Waals surface area contributed by atoms with E-state index in [9.17, 15) is 4.79 Å². The summed E-state index contributed by atoms with van der Waals surface area (Å²) in [6, 6.07) is 3.67. The fourth-order valence-electron chi connectivity index (χ4n) is 2.44. The zero-order chi connectivity index (χ0) is 13.4. The Morgan fingerprint density at radius 3 is 2.95 bits per heavy atom. The molecule has 100 valence electrons. The van der Waals surface area contributed by atoms with E-state index in [0.29, 0.717) is 6.54 Å². The van der Waals surface area contributed by atoms with Gasteiger partial charge in [0.15, 0.2) is 0 Å². The second kappa shape index (κ2) is 4.62. The second-order valence-electron chi connectivity index (χ2n) is 4.94. The largest absolute Gasteiger partial charge is 0.312 e. The zero-order valence-electron chi connectivity index (χ0n) is 11.2. The zero-order valence-corrected chi connectivity index (χ0v) is 11.2. The molecule has 0 aromatic carbocycles. The molecule has 2 aromatic heterocycles. The molecule has 0 unspecified atom stereocenters. The lowest BCUT2D eigenvalue weighted by atomic mass is 10.1. The highest BCUT2D eigenvalue weighted by molar-refractivity contribution is 5.20. The van der Waals surface area contributed by atoms with E-state index in [1.165, 1.54) is 4.68 Å². The molecule has 0 saturated heterocycles. The Hall–Kier alpha value is -1.95. The standard InChI is InChI=1S/C13H17N5O/c1-9-5-11(17(2)15-9)8-18-13(19)6-10-7-14-4-3-12(10)16-18/h5-6,14H,3-4,7-8H2,1-2H3. The molecule has 1 aliphatic rings. The van der Waals surface area contributed by atoms with E-state index in [1.807, 2.05) is 20.0 Å². The molecule has 0 bridgehead atoms. The van der Waals surface area contributed by atoms with E-state index in [-0.39, 0.29) is 5.56 Å². The van der Waals surface area contributed by atoms with Crippen molar-refractivity contribution in [3.8, 4) is 0 Å². The third kappa shape index (κ3) is 2.31. The number of hydrogen-bond acceptors (Lipinski definition) is 4. The molecule has 0 radical (unpaired) electrons. The van der Waals surface area contributed by atoms with E-state index >= 15 is 0 Å². The molecule has 1 aliphatic heterocycles. The first-order valence-electron chi connectivity index (χ1n) is 6.43. The molecule has 3 heterocycles. The molecular weight excluding hydrogens is 242 g/mol. The first-order chi connectivity index (χ1) is 9.13. The van der Waals surface area contributed by atoms with Gasteiger partial charge < -0.3 is 5.32 Å². The van der Waals surface area contributed by atoms with Gasteiger partial charge in [0.25, 0.3) is 5.56 Å². The van der Waals surface area contributed by atoms with Gasteiger partial charge in [-0.1, -0.05) is 0 Å². The Kier molecular flexibility index (Phi) is 2.94. The molecule has 19 heavy (non-hydrogen) atoms. The molecule has 0 saturated carbocycles. The minimum absolute atomic E-state index is 0.0543. The first-order valence-corrected chi connectivity index (χ1v) is 6.43. The van der Waals surface area contributed by atoms with Gasteiger partial charge in [0, 0.05) is 32.6 Å². The molecule has 3 rings (SSSR count). The lowest BCUT2D eigenvalue weighted by Crippen LogP contribution is -2.32. The van der Waals surface area contributed by atoms with Crippen molar-refractivity contribution in [2.45, 2.75) is 26.4 Å². The predicted molar refractivity (Wildman–Crippen MR) is 71.0 cm³/mol. The molecular formula is C13H17N5O. The third-order valence-electron chi connectivity index (χ3n) is 3.43. The van der Waals surface area contributed by atoms with Crippen LogP contribution in [0.4, 0.5) is 0 Å². The molecule has 1 N–H and O–H groups in total. The number of hydrogen-bond donors (Lipinski definition) is 1. The van der Waals surface area contributed by atoms with E-state index in [2.05, 4.69) is 15.5 Å². The number of nitrogens with zero attached hydrogens (tertiary/aromatic N) is 4. The summed E-state index contributed by atoms with van der Waals surface area (Å²) in [5.74, 6) is 0. The molecule has 0 fully saturated rings. The molecule has 2 aromatic rings. The summed E-state index contributed by atoms with van der Waals surface area (Å²) < 4.78 is 3.32. The molecule has 6 nitrogen and oxygen atoms in total. The second-order valence-corrected chi connectivity index (χ2v) is 4.94. The molecule has 0 spiro atoms. The van der Waals surface area contributed by atoms with Crippen LogP contribution in [0.3, 0.4) is 0 Å². The predicted octanol–water partition coefficient (Wildman–Crippen LogP) is -0.0208. The van der Waals surface area contributed by atoms with Crippen molar-refractivity contribution in [2.75, 3.05) is 6.54 Å². The Morgan fingerprint density at radius 2 is 2.21 bits per heavy atom. The highest BCUT2D eigenvalue weighted by Gasteiger charge is 2.13. The van der Waals surface area contributed by atoms with Gasteiger partial charge in [-0.05, 0) is 18.6 Å². The number of nitrogens with one attached hydrogen (secondary N) is 1. The summed E-state index contributed by atoms with van der Waals surface area (Å²) in [6.07, 6.45) is 0.875. The summed E-state index contributed by atoms with van der Waals surface area (Å²) in [7, 11) is 1.88. The van der Waals surface area contributed by atoms with Crippen LogP contribution in [0.5, 0.6) is 0 Å². The van der Waals surface area contributed by atoms with Gasteiger partial charge in [0.2, 0.25) is 0 Å². The van der Waals surface area contributed by atoms with E-state index < -0.39 is 0 Å². The van der Waals surface area contributed by atoms with Gasteiger partial charge in [-0.15, -0.1) is 0 Å². The number of rotatable bonds is 2. The average Bonchev–Trinajstić information content (AvgIpc) is 2.69. The molecule has 0 aliphatic carbocycles. The first kappa shape index (κ1) is 12.1.